The Hall–Kier alpha value is -0.850. The van der Waals surface area contributed by atoms with Gasteiger partial charge in [-0.1, -0.05) is 32.1 Å². The van der Waals surface area contributed by atoms with Gasteiger partial charge < -0.3 is 0 Å². The molecule has 0 aliphatic heterocycles. The molecule has 0 amide bonds. The summed E-state index contributed by atoms with van der Waals surface area (Å²) < 4.78 is 5.78. The van der Waals surface area contributed by atoms with Crippen molar-refractivity contribution in [2.75, 3.05) is 0 Å². The van der Waals surface area contributed by atoms with Crippen molar-refractivity contribution < 1.29 is 4.42 Å². The van der Waals surface area contributed by atoms with E-state index >= 15 is 0 Å². The molecule has 1 aliphatic rings. The smallest absolute Gasteiger partial charge is 0.218 e. The van der Waals surface area contributed by atoms with Crippen molar-refractivity contribution in [1.82, 2.24) is 0 Å². The second-order valence-electron chi connectivity index (χ2n) is 5.39. The first-order valence-electron chi connectivity index (χ1n) is 7.19. The van der Waals surface area contributed by atoms with Gasteiger partial charge in [-0.05, 0) is 31.2 Å². The van der Waals surface area contributed by atoms with E-state index in [1.165, 1.54) is 63.4 Å². The van der Waals surface area contributed by atoms with Crippen LogP contribution in [-0.2, 0) is 12.8 Å². The quantitative estimate of drug-likeness (QED) is 0.573. The number of aryl methyl sites for hydroxylation is 3. The minimum absolute atomic E-state index is 1.07. The van der Waals surface area contributed by atoms with E-state index in [2.05, 4.69) is 19.9 Å². The van der Waals surface area contributed by atoms with Crippen molar-refractivity contribution in [3.63, 3.8) is 0 Å². The molecule has 0 bridgehead atoms. The molecular formula is C16H25O+. The van der Waals surface area contributed by atoms with Crippen molar-refractivity contribution in [3.05, 3.63) is 28.7 Å². The van der Waals surface area contributed by atoms with E-state index in [4.69, 9.17) is 4.42 Å². The number of rotatable bonds is 0. The van der Waals surface area contributed by atoms with Gasteiger partial charge in [0.15, 0.2) is 0 Å². The molecule has 0 aromatic carbocycles. The number of fused-ring (bicyclic) bond motifs is 1. The Morgan fingerprint density at radius 2 is 1.41 bits per heavy atom. The topological polar surface area (TPSA) is 11.3 Å². The molecular weight excluding hydrogens is 208 g/mol. The zero-order chi connectivity index (χ0) is 12.1. The molecule has 1 aliphatic carbocycles. The van der Waals surface area contributed by atoms with Crippen LogP contribution in [0, 0.1) is 13.8 Å². The Labute approximate surface area is 105 Å². The van der Waals surface area contributed by atoms with Crippen LogP contribution in [-0.4, -0.2) is 0 Å². The predicted molar refractivity (Wildman–Crippen MR) is 72.3 cm³/mol. The molecule has 94 valence electrons. The van der Waals surface area contributed by atoms with Crippen LogP contribution in [0.1, 0.15) is 67.6 Å². The van der Waals surface area contributed by atoms with E-state index in [0.717, 1.165) is 11.5 Å². The summed E-state index contributed by atoms with van der Waals surface area (Å²) in [5.41, 5.74) is 3.05. The predicted octanol–water partition coefficient (Wildman–Crippen LogP) is 5.01. The van der Waals surface area contributed by atoms with Crippen LogP contribution in [0.5, 0.6) is 0 Å². The molecule has 0 radical (unpaired) electrons. The molecule has 1 nitrogen and oxygen atoms in total. The van der Waals surface area contributed by atoms with Crippen LogP contribution in [0.3, 0.4) is 0 Å². The van der Waals surface area contributed by atoms with Gasteiger partial charge in [0.2, 0.25) is 0 Å². The average Bonchev–Trinajstić information content (AvgIpc) is 2.33. The van der Waals surface area contributed by atoms with Gasteiger partial charge in [-0.2, -0.15) is 0 Å². The van der Waals surface area contributed by atoms with Crippen molar-refractivity contribution >= 4 is 0 Å². The highest BCUT2D eigenvalue weighted by atomic mass is 16.3. The molecule has 0 saturated heterocycles. The minimum Gasteiger partial charge on any atom is -0.218 e. The van der Waals surface area contributed by atoms with Crippen LogP contribution in [0.25, 0.3) is 0 Å². The maximum absolute atomic E-state index is 5.78. The first-order chi connectivity index (χ1) is 8.27. The van der Waals surface area contributed by atoms with Gasteiger partial charge in [-0.3, -0.25) is 0 Å². The molecule has 1 heteroatoms. The van der Waals surface area contributed by atoms with Crippen molar-refractivity contribution in [1.29, 1.82) is 0 Å². The molecule has 0 N–H and O–H groups in total. The second-order valence-corrected chi connectivity index (χ2v) is 5.39. The van der Waals surface area contributed by atoms with Crippen molar-refractivity contribution in [2.45, 2.75) is 71.6 Å². The summed E-state index contributed by atoms with van der Waals surface area (Å²) >= 11 is 0. The summed E-state index contributed by atoms with van der Waals surface area (Å²) in [6, 6.07) is 2.26. The lowest BCUT2D eigenvalue weighted by molar-refractivity contribution is 0.472. The van der Waals surface area contributed by atoms with Crippen molar-refractivity contribution in [3.8, 4) is 0 Å². The van der Waals surface area contributed by atoms with Gasteiger partial charge in [0.25, 0.3) is 0 Å². The minimum atomic E-state index is 1.07. The van der Waals surface area contributed by atoms with Gasteiger partial charge in [0.05, 0.1) is 19.4 Å². The molecule has 0 atom stereocenters. The molecule has 0 saturated carbocycles. The Balaban J connectivity index is 2.20. The fraction of sp³-hybridized carbons (Fsp3) is 0.688. The first-order valence-corrected chi connectivity index (χ1v) is 7.19. The molecule has 0 spiro atoms. The van der Waals surface area contributed by atoms with Gasteiger partial charge in [-0.15, -0.1) is 0 Å². The zero-order valence-corrected chi connectivity index (χ0v) is 11.3. The first kappa shape index (κ1) is 12.6. The molecule has 1 aromatic rings. The molecule has 2 rings (SSSR count). The van der Waals surface area contributed by atoms with E-state index in [-0.39, 0.29) is 0 Å². The lowest BCUT2D eigenvalue weighted by atomic mass is 9.97. The maximum Gasteiger partial charge on any atom is 0.329 e. The fourth-order valence-electron chi connectivity index (χ4n) is 2.95. The Morgan fingerprint density at radius 3 is 2.12 bits per heavy atom. The van der Waals surface area contributed by atoms with Gasteiger partial charge in [-0.25, -0.2) is 4.42 Å². The molecule has 17 heavy (non-hydrogen) atoms. The lowest BCUT2D eigenvalue weighted by Gasteiger charge is -2.06. The standard InChI is InChI=1S/C16H25O/c1-13-12-15-10-8-6-4-3-5-7-9-11-16(15)14(2)17-13/h12H,3-11H2,1-2H3/q+1. The van der Waals surface area contributed by atoms with E-state index in [1.807, 2.05) is 0 Å². The van der Waals surface area contributed by atoms with Gasteiger partial charge >= 0.3 is 11.5 Å². The number of hydrogen-bond acceptors (Lipinski definition) is 0. The SMILES string of the molecule is Cc1cc2c(c(C)[o+]1)CCCCCCCCC2. The molecule has 0 fully saturated rings. The molecule has 1 heterocycles. The molecule has 0 unspecified atom stereocenters. The van der Waals surface area contributed by atoms with Crippen LogP contribution in [0.4, 0.5) is 0 Å². The molecule has 1 aromatic heterocycles. The van der Waals surface area contributed by atoms with E-state index < -0.39 is 0 Å². The largest absolute Gasteiger partial charge is 0.329 e. The highest BCUT2D eigenvalue weighted by Crippen LogP contribution is 2.23. The lowest BCUT2D eigenvalue weighted by Crippen LogP contribution is -1.99. The Morgan fingerprint density at radius 1 is 0.824 bits per heavy atom. The fourth-order valence-corrected chi connectivity index (χ4v) is 2.95. The summed E-state index contributed by atoms with van der Waals surface area (Å²) in [6.07, 6.45) is 12.2. The second kappa shape index (κ2) is 6.18. The summed E-state index contributed by atoms with van der Waals surface area (Å²) in [5, 5.41) is 0. The average molecular weight is 233 g/mol. The van der Waals surface area contributed by atoms with Crippen molar-refractivity contribution in [2.24, 2.45) is 0 Å². The monoisotopic (exact) mass is 233 g/mol. The highest BCUT2D eigenvalue weighted by molar-refractivity contribution is 5.30. The summed E-state index contributed by atoms with van der Waals surface area (Å²) in [7, 11) is 0. The summed E-state index contributed by atoms with van der Waals surface area (Å²) in [6.45, 7) is 4.20. The van der Waals surface area contributed by atoms with Crippen LogP contribution in [0.2, 0.25) is 0 Å². The highest BCUT2D eigenvalue weighted by Gasteiger charge is 2.17. The van der Waals surface area contributed by atoms with E-state index in [1.54, 1.807) is 5.56 Å². The third-order valence-corrected chi connectivity index (χ3v) is 3.88. The normalized spacial score (nSPS) is 18.2. The Kier molecular flexibility index (Phi) is 4.58. The number of hydrogen-bond donors (Lipinski definition) is 0. The Bertz CT molecular complexity index is 368. The van der Waals surface area contributed by atoms with Crippen LogP contribution in [0.15, 0.2) is 10.5 Å². The van der Waals surface area contributed by atoms with E-state index in [0.29, 0.717) is 0 Å². The summed E-state index contributed by atoms with van der Waals surface area (Å²) in [5.74, 6) is 2.22. The van der Waals surface area contributed by atoms with Gasteiger partial charge in [0.1, 0.15) is 0 Å². The maximum atomic E-state index is 5.78. The van der Waals surface area contributed by atoms with Gasteiger partial charge in [0, 0.05) is 6.07 Å². The summed E-state index contributed by atoms with van der Waals surface area (Å²) in [4.78, 5) is 0. The van der Waals surface area contributed by atoms with Crippen LogP contribution >= 0.6 is 0 Å². The zero-order valence-electron chi connectivity index (χ0n) is 11.3. The van der Waals surface area contributed by atoms with E-state index in [9.17, 15) is 0 Å². The van der Waals surface area contributed by atoms with Crippen LogP contribution < -0.4 is 0 Å². The third-order valence-electron chi connectivity index (χ3n) is 3.88. The third kappa shape index (κ3) is 3.55.